The highest BCUT2D eigenvalue weighted by atomic mass is 79.9. The van der Waals surface area contributed by atoms with Gasteiger partial charge in [0, 0.05) is 10.9 Å². The van der Waals surface area contributed by atoms with Crippen LogP contribution in [0.5, 0.6) is 5.75 Å². The molecule has 0 fully saturated rings. The van der Waals surface area contributed by atoms with Crippen molar-refractivity contribution in [2.24, 2.45) is 5.73 Å². The van der Waals surface area contributed by atoms with Crippen LogP contribution in [0.3, 0.4) is 0 Å². The minimum Gasteiger partial charge on any atom is -0.492 e. The monoisotopic (exact) mass is 334 g/mol. The maximum Gasteiger partial charge on any atom is 0.133 e. The highest BCUT2D eigenvalue weighted by Crippen LogP contribution is 2.28. The van der Waals surface area contributed by atoms with E-state index in [1.54, 1.807) is 0 Å². The quantitative estimate of drug-likeness (QED) is 0.492. The molecule has 1 rings (SSSR count). The molecule has 0 bridgehead atoms. The van der Waals surface area contributed by atoms with E-state index >= 15 is 0 Å². The SMILES string of the molecule is N=C(N)CCCOc1ccc(Br)cc1Br. The van der Waals surface area contributed by atoms with E-state index in [1.165, 1.54) is 0 Å². The summed E-state index contributed by atoms with van der Waals surface area (Å²) in [6.45, 7) is 0.569. The minimum absolute atomic E-state index is 0.202. The molecule has 0 spiro atoms. The molecule has 82 valence electrons. The second-order valence-electron chi connectivity index (χ2n) is 3.05. The molecule has 0 aliphatic heterocycles. The van der Waals surface area contributed by atoms with E-state index in [2.05, 4.69) is 31.9 Å². The lowest BCUT2D eigenvalue weighted by atomic mass is 10.3. The van der Waals surface area contributed by atoms with Crippen LogP contribution in [-0.4, -0.2) is 12.4 Å². The van der Waals surface area contributed by atoms with Gasteiger partial charge in [-0.05, 0) is 40.5 Å². The standard InChI is InChI=1S/C10H12Br2N2O/c11-7-3-4-9(8(12)6-7)15-5-1-2-10(13)14/h3-4,6H,1-2,5H2,(H3,13,14). The van der Waals surface area contributed by atoms with Crippen LogP contribution in [0.1, 0.15) is 12.8 Å². The summed E-state index contributed by atoms with van der Waals surface area (Å²) in [6.07, 6.45) is 1.34. The lowest BCUT2D eigenvalue weighted by Crippen LogP contribution is -2.11. The summed E-state index contributed by atoms with van der Waals surface area (Å²) in [7, 11) is 0. The number of hydrogen-bond donors (Lipinski definition) is 2. The maximum absolute atomic E-state index is 7.05. The zero-order valence-electron chi connectivity index (χ0n) is 8.09. The number of rotatable bonds is 5. The summed E-state index contributed by atoms with van der Waals surface area (Å²) in [5.74, 6) is 1.01. The first-order chi connectivity index (χ1) is 7.09. The number of nitrogens with one attached hydrogen (secondary N) is 1. The van der Waals surface area contributed by atoms with Gasteiger partial charge in [-0.25, -0.2) is 0 Å². The molecule has 0 radical (unpaired) electrons. The first kappa shape index (κ1) is 12.5. The van der Waals surface area contributed by atoms with E-state index in [9.17, 15) is 0 Å². The molecule has 0 aromatic heterocycles. The summed E-state index contributed by atoms with van der Waals surface area (Å²) < 4.78 is 7.44. The van der Waals surface area contributed by atoms with Crippen molar-refractivity contribution in [1.82, 2.24) is 0 Å². The zero-order chi connectivity index (χ0) is 11.3. The Kier molecular flexibility index (Phi) is 5.11. The highest BCUT2D eigenvalue weighted by Gasteiger charge is 2.01. The van der Waals surface area contributed by atoms with Crippen LogP contribution in [0.15, 0.2) is 27.1 Å². The Morgan fingerprint density at radius 2 is 2.13 bits per heavy atom. The first-order valence-electron chi connectivity index (χ1n) is 4.50. The van der Waals surface area contributed by atoms with Gasteiger partial charge in [-0.2, -0.15) is 0 Å². The number of hydrogen-bond acceptors (Lipinski definition) is 2. The second-order valence-corrected chi connectivity index (χ2v) is 4.82. The van der Waals surface area contributed by atoms with Gasteiger partial charge in [-0.15, -0.1) is 0 Å². The van der Waals surface area contributed by atoms with E-state index in [0.717, 1.165) is 21.1 Å². The summed E-state index contributed by atoms with van der Waals surface area (Å²) in [5, 5.41) is 7.05. The predicted octanol–water partition coefficient (Wildman–Crippen LogP) is 3.31. The van der Waals surface area contributed by atoms with Crippen molar-refractivity contribution in [3.05, 3.63) is 27.1 Å². The maximum atomic E-state index is 7.05. The predicted molar refractivity (Wildman–Crippen MR) is 68.5 cm³/mol. The third-order valence-corrected chi connectivity index (χ3v) is 2.85. The van der Waals surface area contributed by atoms with Gasteiger partial charge < -0.3 is 10.5 Å². The van der Waals surface area contributed by atoms with Crippen molar-refractivity contribution in [2.75, 3.05) is 6.61 Å². The van der Waals surface area contributed by atoms with Crippen LogP contribution < -0.4 is 10.5 Å². The lowest BCUT2D eigenvalue weighted by Gasteiger charge is -2.07. The molecule has 3 nitrogen and oxygen atoms in total. The average Bonchev–Trinajstić information content (AvgIpc) is 2.14. The van der Waals surface area contributed by atoms with Gasteiger partial charge in [-0.1, -0.05) is 15.9 Å². The number of ether oxygens (including phenoxy) is 1. The fourth-order valence-electron chi connectivity index (χ4n) is 1.04. The number of nitrogens with two attached hydrogens (primary N) is 1. The van der Waals surface area contributed by atoms with Crippen LogP contribution in [-0.2, 0) is 0 Å². The Labute approximate surface area is 106 Å². The van der Waals surface area contributed by atoms with E-state index in [1.807, 2.05) is 18.2 Å². The van der Waals surface area contributed by atoms with Crippen LogP contribution in [0.4, 0.5) is 0 Å². The zero-order valence-corrected chi connectivity index (χ0v) is 11.3. The molecule has 3 N–H and O–H groups in total. The van der Waals surface area contributed by atoms with Crippen molar-refractivity contribution in [2.45, 2.75) is 12.8 Å². The Bertz CT molecular complexity index is 355. The Morgan fingerprint density at radius 1 is 1.40 bits per heavy atom. The molecular weight excluding hydrogens is 324 g/mol. The van der Waals surface area contributed by atoms with Gasteiger partial charge in [0.25, 0.3) is 0 Å². The lowest BCUT2D eigenvalue weighted by molar-refractivity contribution is 0.311. The molecule has 0 saturated heterocycles. The molecule has 1 aromatic carbocycles. The van der Waals surface area contributed by atoms with E-state index in [4.69, 9.17) is 15.9 Å². The summed E-state index contributed by atoms with van der Waals surface area (Å²) >= 11 is 6.77. The smallest absolute Gasteiger partial charge is 0.133 e. The molecule has 1 aromatic rings. The van der Waals surface area contributed by atoms with Gasteiger partial charge >= 0.3 is 0 Å². The van der Waals surface area contributed by atoms with Crippen molar-refractivity contribution >= 4 is 37.7 Å². The molecular formula is C10H12Br2N2O. The first-order valence-corrected chi connectivity index (χ1v) is 6.09. The highest BCUT2D eigenvalue weighted by molar-refractivity contribution is 9.11. The summed E-state index contributed by atoms with van der Waals surface area (Å²) in [4.78, 5) is 0. The molecule has 0 unspecified atom stereocenters. The van der Waals surface area contributed by atoms with Crippen LogP contribution >= 0.6 is 31.9 Å². The molecule has 0 aliphatic rings. The molecule has 0 heterocycles. The normalized spacial score (nSPS) is 10.0. The van der Waals surface area contributed by atoms with Crippen LogP contribution in [0, 0.1) is 5.41 Å². The van der Waals surface area contributed by atoms with Gasteiger partial charge in [0.2, 0.25) is 0 Å². The molecule has 0 aliphatic carbocycles. The van der Waals surface area contributed by atoms with Crippen LogP contribution in [0.2, 0.25) is 0 Å². The van der Waals surface area contributed by atoms with Gasteiger partial charge in [-0.3, -0.25) is 5.41 Å². The van der Waals surface area contributed by atoms with Crippen LogP contribution in [0.25, 0.3) is 0 Å². The van der Waals surface area contributed by atoms with Crippen molar-refractivity contribution < 1.29 is 4.74 Å². The van der Waals surface area contributed by atoms with Crippen molar-refractivity contribution in [3.63, 3.8) is 0 Å². The molecule has 0 atom stereocenters. The van der Waals surface area contributed by atoms with Gasteiger partial charge in [0.15, 0.2) is 0 Å². The summed E-state index contributed by atoms with van der Waals surface area (Å²) in [5.41, 5.74) is 5.23. The van der Waals surface area contributed by atoms with Crippen molar-refractivity contribution in [3.8, 4) is 5.75 Å². The fourth-order valence-corrected chi connectivity index (χ4v) is 2.20. The Balaban J connectivity index is 2.40. The van der Waals surface area contributed by atoms with E-state index in [-0.39, 0.29) is 5.84 Å². The molecule has 0 amide bonds. The largest absolute Gasteiger partial charge is 0.492 e. The number of amidine groups is 1. The molecule has 0 saturated carbocycles. The van der Waals surface area contributed by atoms with Gasteiger partial charge in [0.05, 0.1) is 16.9 Å². The average molecular weight is 336 g/mol. The third kappa shape index (κ3) is 4.66. The summed E-state index contributed by atoms with van der Waals surface area (Å²) in [6, 6.07) is 5.74. The topological polar surface area (TPSA) is 59.1 Å². The number of halogens is 2. The second kappa shape index (κ2) is 6.12. The fraction of sp³-hybridized carbons (Fsp3) is 0.300. The Morgan fingerprint density at radius 3 is 2.73 bits per heavy atom. The minimum atomic E-state index is 0.202. The molecule has 5 heteroatoms. The van der Waals surface area contributed by atoms with E-state index < -0.39 is 0 Å². The third-order valence-electron chi connectivity index (χ3n) is 1.74. The van der Waals surface area contributed by atoms with Crippen molar-refractivity contribution in [1.29, 1.82) is 5.41 Å². The van der Waals surface area contributed by atoms with E-state index in [0.29, 0.717) is 13.0 Å². The van der Waals surface area contributed by atoms with Gasteiger partial charge in [0.1, 0.15) is 5.75 Å². The number of benzene rings is 1. The Hall–Kier alpha value is -0.550. The molecule has 15 heavy (non-hydrogen) atoms.